The average Bonchev–Trinajstić information content (AvgIpc) is 3.47. The Labute approximate surface area is 195 Å². The molecule has 0 radical (unpaired) electrons. The number of rotatable bonds is 5. The topological polar surface area (TPSA) is 70.4 Å². The number of carbonyl (C=O) groups excluding carboxylic acids is 1. The Kier molecular flexibility index (Phi) is 6.29. The predicted molar refractivity (Wildman–Crippen MR) is 129 cm³/mol. The highest BCUT2D eigenvalue weighted by Gasteiger charge is 2.33. The van der Waals surface area contributed by atoms with Gasteiger partial charge in [0.15, 0.2) is 0 Å². The molecule has 2 aromatic carbocycles. The molecule has 6 nitrogen and oxygen atoms in total. The third-order valence-electron chi connectivity index (χ3n) is 7.05. The molecule has 0 bridgehead atoms. The molecule has 3 aromatic rings. The van der Waals surface area contributed by atoms with Crippen LogP contribution in [0, 0.1) is 6.92 Å². The Morgan fingerprint density at radius 3 is 2.52 bits per heavy atom. The van der Waals surface area contributed by atoms with E-state index in [0.717, 1.165) is 62.0 Å². The van der Waals surface area contributed by atoms with Gasteiger partial charge in [0.25, 0.3) is 5.91 Å². The number of nitrogens with one attached hydrogen (secondary N) is 1. The van der Waals surface area contributed by atoms with Crippen molar-refractivity contribution < 1.29 is 9.90 Å². The van der Waals surface area contributed by atoms with Gasteiger partial charge in [0.1, 0.15) is 5.69 Å². The lowest BCUT2D eigenvalue weighted by atomic mass is 10.0. The molecular formula is C27H32N4O2. The van der Waals surface area contributed by atoms with E-state index in [9.17, 15) is 9.90 Å². The van der Waals surface area contributed by atoms with Crippen molar-refractivity contribution in [2.45, 2.75) is 57.2 Å². The molecule has 1 saturated carbocycles. The fraction of sp³-hybridized carbons (Fsp3) is 0.407. The number of aliphatic hydroxyl groups excluding tert-OH is 1. The van der Waals surface area contributed by atoms with Gasteiger partial charge in [0, 0.05) is 36.9 Å². The van der Waals surface area contributed by atoms with Crippen LogP contribution in [0.3, 0.4) is 0 Å². The average molecular weight is 445 g/mol. The number of carbonyl (C=O) groups is 1. The monoisotopic (exact) mass is 444 g/mol. The van der Waals surface area contributed by atoms with Gasteiger partial charge < -0.3 is 10.4 Å². The summed E-state index contributed by atoms with van der Waals surface area (Å²) in [5.41, 5.74) is 4.30. The van der Waals surface area contributed by atoms with E-state index in [0.29, 0.717) is 17.3 Å². The van der Waals surface area contributed by atoms with E-state index in [-0.39, 0.29) is 18.1 Å². The van der Waals surface area contributed by atoms with Crippen molar-refractivity contribution in [2.24, 2.45) is 0 Å². The lowest BCUT2D eigenvalue weighted by molar-refractivity contribution is 0.0514. The fourth-order valence-corrected chi connectivity index (χ4v) is 5.24. The zero-order chi connectivity index (χ0) is 22.8. The molecule has 1 amide bonds. The minimum Gasteiger partial charge on any atom is -0.391 e. The summed E-state index contributed by atoms with van der Waals surface area (Å²) >= 11 is 0. The van der Waals surface area contributed by atoms with Crippen LogP contribution in [-0.2, 0) is 0 Å². The maximum Gasteiger partial charge on any atom is 0.255 e. The Balaban J connectivity index is 1.34. The number of aliphatic hydroxyl groups is 1. The van der Waals surface area contributed by atoms with E-state index in [4.69, 9.17) is 5.10 Å². The minimum absolute atomic E-state index is 0.0759. The van der Waals surface area contributed by atoms with Crippen LogP contribution in [0.15, 0.2) is 60.8 Å². The molecule has 0 unspecified atom stereocenters. The highest BCUT2D eigenvalue weighted by Crippen LogP contribution is 2.28. The molecule has 2 atom stereocenters. The van der Waals surface area contributed by atoms with E-state index in [1.165, 1.54) is 0 Å². The molecule has 2 N–H and O–H groups in total. The molecule has 1 aliphatic carbocycles. The number of aromatic nitrogens is 2. The standard InChI is InChI=1S/C27H32N4O2/c1-19-7-5-8-20(17-19)26-23(18-31(29-26)22-9-3-2-4-10-22)27(33)28-21-13-15-30(16-14-21)24-11-6-12-25(24)32/h2-5,7-10,17-18,21,24-25,32H,6,11-16H2,1H3,(H,28,33)/t24-,25-/m1/s1. The van der Waals surface area contributed by atoms with Crippen LogP contribution in [0.1, 0.15) is 48.0 Å². The maximum absolute atomic E-state index is 13.4. The molecule has 2 fully saturated rings. The summed E-state index contributed by atoms with van der Waals surface area (Å²) < 4.78 is 1.79. The van der Waals surface area contributed by atoms with Crippen molar-refractivity contribution in [3.63, 3.8) is 0 Å². The number of hydrogen-bond donors (Lipinski definition) is 2. The highest BCUT2D eigenvalue weighted by atomic mass is 16.3. The summed E-state index contributed by atoms with van der Waals surface area (Å²) in [5.74, 6) is -0.0759. The Bertz CT molecular complexity index is 1100. The van der Waals surface area contributed by atoms with Crippen LogP contribution < -0.4 is 5.32 Å². The molecule has 1 aliphatic heterocycles. The second-order valence-corrected chi connectivity index (χ2v) is 9.39. The molecule has 5 rings (SSSR count). The van der Waals surface area contributed by atoms with E-state index in [1.807, 2.05) is 61.7 Å². The summed E-state index contributed by atoms with van der Waals surface area (Å²) in [5, 5.41) is 18.3. The Hall–Kier alpha value is -2.96. The summed E-state index contributed by atoms with van der Waals surface area (Å²) in [6.07, 6.45) is 6.55. The van der Waals surface area contributed by atoms with Crippen LogP contribution in [0.2, 0.25) is 0 Å². The minimum atomic E-state index is -0.197. The summed E-state index contributed by atoms with van der Waals surface area (Å²) in [6, 6.07) is 18.4. The van der Waals surface area contributed by atoms with Crippen LogP contribution in [0.25, 0.3) is 16.9 Å². The highest BCUT2D eigenvalue weighted by molar-refractivity contribution is 6.00. The van der Waals surface area contributed by atoms with Crippen molar-refractivity contribution in [1.29, 1.82) is 0 Å². The van der Waals surface area contributed by atoms with Crippen LogP contribution in [0.5, 0.6) is 0 Å². The lowest BCUT2D eigenvalue weighted by Crippen LogP contribution is -2.49. The van der Waals surface area contributed by atoms with Gasteiger partial charge in [-0.25, -0.2) is 4.68 Å². The molecule has 172 valence electrons. The lowest BCUT2D eigenvalue weighted by Gasteiger charge is -2.37. The summed E-state index contributed by atoms with van der Waals surface area (Å²) in [4.78, 5) is 15.8. The molecule has 33 heavy (non-hydrogen) atoms. The summed E-state index contributed by atoms with van der Waals surface area (Å²) in [6.45, 7) is 3.88. The van der Waals surface area contributed by atoms with Gasteiger partial charge in [-0.2, -0.15) is 5.10 Å². The first-order valence-electron chi connectivity index (χ1n) is 12.0. The van der Waals surface area contributed by atoms with E-state index < -0.39 is 0 Å². The van der Waals surface area contributed by atoms with Crippen molar-refractivity contribution in [2.75, 3.05) is 13.1 Å². The smallest absolute Gasteiger partial charge is 0.255 e. The van der Waals surface area contributed by atoms with Crippen LogP contribution >= 0.6 is 0 Å². The second-order valence-electron chi connectivity index (χ2n) is 9.39. The predicted octanol–water partition coefficient (Wildman–Crippen LogP) is 3.96. The number of aryl methyl sites for hydroxylation is 1. The SMILES string of the molecule is Cc1cccc(-c2nn(-c3ccccc3)cc2C(=O)NC2CCN([C@@H]3CCC[C@H]3O)CC2)c1. The second kappa shape index (κ2) is 9.49. The van der Waals surface area contributed by atoms with Gasteiger partial charge in [0.2, 0.25) is 0 Å². The molecule has 2 aliphatic rings. The van der Waals surface area contributed by atoms with Crippen LogP contribution in [-0.4, -0.2) is 57.0 Å². The van der Waals surface area contributed by atoms with Gasteiger partial charge in [-0.05, 0) is 57.2 Å². The zero-order valence-electron chi connectivity index (χ0n) is 19.2. The number of benzene rings is 2. The van der Waals surface area contributed by atoms with Crippen LogP contribution in [0.4, 0.5) is 0 Å². The Morgan fingerprint density at radius 2 is 1.82 bits per heavy atom. The van der Waals surface area contributed by atoms with Gasteiger partial charge in [-0.1, -0.05) is 42.0 Å². The van der Waals surface area contributed by atoms with Gasteiger partial charge in [-0.15, -0.1) is 0 Å². The molecule has 1 saturated heterocycles. The number of para-hydroxylation sites is 1. The van der Waals surface area contributed by atoms with E-state index in [2.05, 4.69) is 16.3 Å². The first-order chi connectivity index (χ1) is 16.1. The van der Waals surface area contributed by atoms with Crippen molar-refractivity contribution in [1.82, 2.24) is 20.0 Å². The third kappa shape index (κ3) is 4.72. The normalized spacial score (nSPS) is 21.9. The van der Waals surface area contributed by atoms with Crippen molar-refractivity contribution >= 4 is 5.91 Å². The van der Waals surface area contributed by atoms with Gasteiger partial charge in [0.05, 0.1) is 17.4 Å². The molecular weight excluding hydrogens is 412 g/mol. The summed E-state index contributed by atoms with van der Waals surface area (Å²) in [7, 11) is 0. The largest absolute Gasteiger partial charge is 0.391 e. The molecule has 2 heterocycles. The molecule has 0 spiro atoms. The first kappa shape index (κ1) is 21.9. The number of likely N-dealkylation sites (tertiary alicyclic amines) is 1. The van der Waals surface area contributed by atoms with Crippen molar-refractivity contribution in [3.8, 4) is 16.9 Å². The zero-order valence-corrected chi connectivity index (χ0v) is 19.2. The van der Waals surface area contributed by atoms with E-state index >= 15 is 0 Å². The third-order valence-corrected chi connectivity index (χ3v) is 7.05. The first-order valence-corrected chi connectivity index (χ1v) is 12.0. The van der Waals surface area contributed by atoms with E-state index in [1.54, 1.807) is 4.68 Å². The number of hydrogen-bond acceptors (Lipinski definition) is 4. The molecule has 1 aromatic heterocycles. The van der Waals surface area contributed by atoms with Gasteiger partial charge >= 0.3 is 0 Å². The molecule has 6 heteroatoms. The Morgan fingerprint density at radius 1 is 1.03 bits per heavy atom. The number of amides is 1. The maximum atomic E-state index is 13.4. The fourth-order valence-electron chi connectivity index (χ4n) is 5.24. The number of nitrogens with zero attached hydrogens (tertiary/aromatic N) is 3. The van der Waals surface area contributed by atoms with Crippen molar-refractivity contribution in [3.05, 3.63) is 71.9 Å². The van der Waals surface area contributed by atoms with Gasteiger partial charge in [-0.3, -0.25) is 9.69 Å². The number of piperidine rings is 1. The quantitative estimate of drug-likeness (QED) is 0.625.